The Labute approximate surface area is 182 Å². The van der Waals surface area contributed by atoms with Crippen LogP contribution in [0.3, 0.4) is 0 Å². The summed E-state index contributed by atoms with van der Waals surface area (Å²) in [5, 5.41) is 6.38. The summed E-state index contributed by atoms with van der Waals surface area (Å²) >= 11 is 7.21. The van der Waals surface area contributed by atoms with Crippen molar-refractivity contribution >= 4 is 60.6 Å². The predicted molar refractivity (Wildman–Crippen MR) is 120 cm³/mol. The lowest BCUT2D eigenvalue weighted by Crippen LogP contribution is -2.23. The van der Waals surface area contributed by atoms with Gasteiger partial charge in [0.25, 0.3) is 10.0 Å². The van der Waals surface area contributed by atoms with Gasteiger partial charge in [-0.25, -0.2) is 13.4 Å². The first-order valence-corrected chi connectivity index (χ1v) is 11.7. The van der Waals surface area contributed by atoms with Crippen LogP contribution in [0.2, 0.25) is 5.02 Å². The molecule has 7 nitrogen and oxygen atoms in total. The lowest BCUT2D eigenvalue weighted by atomic mass is 10.2. The molecule has 154 valence electrons. The highest BCUT2D eigenvalue weighted by Gasteiger charge is 2.18. The lowest BCUT2D eigenvalue weighted by molar-refractivity contribution is -0.118. The molecule has 0 saturated carbocycles. The molecule has 2 aromatic carbocycles. The van der Waals surface area contributed by atoms with Crippen LogP contribution in [0.25, 0.3) is 10.9 Å². The molecule has 4 aromatic rings. The van der Waals surface area contributed by atoms with Gasteiger partial charge in [0.15, 0.2) is 5.13 Å². The lowest BCUT2D eigenvalue weighted by Gasteiger charge is -2.16. The molecule has 0 saturated heterocycles. The van der Waals surface area contributed by atoms with Gasteiger partial charge in [-0.3, -0.25) is 9.52 Å². The van der Waals surface area contributed by atoms with Crippen LogP contribution in [0.1, 0.15) is 13.0 Å². The number of benzene rings is 2. The van der Waals surface area contributed by atoms with Gasteiger partial charge >= 0.3 is 0 Å². The Morgan fingerprint density at radius 3 is 2.63 bits per heavy atom. The average Bonchev–Trinajstić information content (AvgIpc) is 3.36. The highest BCUT2D eigenvalue weighted by molar-refractivity contribution is 7.93. The first-order chi connectivity index (χ1) is 14.3. The van der Waals surface area contributed by atoms with Crippen molar-refractivity contribution in [3.63, 3.8) is 0 Å². The molecule has 1 atom stereocenters. The van der Waals surface area contributed by atoms with E-state index in [0.29, 0.717) is 15.8 Å². The quantitative estimate of drug-likeness (QED) is 0.434. The molecule has 1 amide bonds. The number of sulfonamides is 1. The minimum absolute atomic E-state index is 0.0806. The number of anilines is 2. The third-order valence-corrected chi connectivity index (χ3v) is 6.97. The molecular formula is C20H17ClN4O3S2. The fourth-order valence-electron chi connectivity index (χ4n) is 3.01. The summed E-state index contributed by atoms with van der Waals surface area (Å²) in [4.78, 5) is 16.7. The van der Waals surface area contributed by atoms with Crippen LogP contribution >= 0.6 is 22.9 Å². The number of thiazole rings is 1. The second-order valence-electron chi connectivity index (χ2n) is 6.56. The van der Waals surface area contributed by atoms with Crippen LogP contribution in [0, 0.1) is 0 Å². The number of hydrogen-bond acceptors (Lipinski definition) is 5. The molecule has 0 bridgehead atoms. The maximum Gasteiger partial charge on any atom is 0.263 e. The zero-order valence-electron chi connectivity index (χ0n) is 15.7. The number of hydrogen-bond donors (Lipinski definition) is 2. The van der Waals surface area contributed by atoms with Gasteiger partial charge in [-0.15, -0.1) is 11.3 Å². The number of halogens is 1. The molecule has 0 aliphatic heterocycles. The van der Waals surface area contributed by atoms with Crippen molar-refractivity contribution in [2.75, 3.05) is 10.0 Å². The van der Waals surface area contributed by atoms with Crippen molar-refractivity contribution in [2.45, 2.75) is 17.9 Å². The van der Waals surface area contributed by atoms with Crippen molar-refractivity contribution < 1.29 is 13.2 Å². The smallest absolute Gasteiger partial charge is 0.263 e. The molecule has 0 spiro atoms. The van der Waals surface area contributed by atoms with Crippen LogP contribution in [0.15, 0.2) is 71.2 Å². The van der Waals surface area contributed by atoms with Gasteiger partial charge in [0.1, 0.15) is 6.04 Å². The maximum absolute atomic E-state index is 12.7. The normalized spacial score (nSPS) is 12.6. The van der Waals surface area contributed by atoms with Gasteiger partial charge < -0.3 is 9.88 Å². The molecule has 1 unspecified atom stereocenters. The molecule has 0 aliphatic rings. The second-order valence-corrected chi connectivity index (χ2v) is 9.57. The van der Waals surface area contributed by atoms with E-state index < -0.39 is 16.1 Å². The van der Waals surface area contributed by atoms with Crippen molar-refractivity contribution in [2.24, 2.45) is 0 Å². The SMILES string of the molecule is CC(C(=O)Nc1ccc(S(=O)(=O)Nc2nccs2)cc1)n1ccc2cc(Cl)ccc21. The average molecular weight is 461 g/mol. The first kappa shape index (κ1) is 20.4. The predicted octanol–water partition coefficient (Wildman–Crippen LogP) is 4.75. The van der Waals surface area contributed by atoms with Gasteiger partial charge in [-0.1, -0.05) is 11.6 Å². The Morgan fingerprint density at radius 1 is 1.17 bits per heavy atom. The Hall–Kier alpha value is -2.88. The number of nitrogens with one attached hydrogen (secondary N) is 2. The van der Waals surface area contributed by atoms with Crippen LogP contribution in [0.5, 0.6) is 0 Å². The Bertz CT molecular complexity index is 1300. The molecule has 0 radical (unpaired) electrons. The molecule has 0 fully saturated rings. The van der Waals surface area contributed by atoms with Crippen LogP contribution in [-0.2, 0) is 14.8 Å². The van der Waals surface area contributed by atoms with Gasteiger partial charge in [0.2, 0.25) is 5.91 Å². The summed E-state index contributed by atoms with van der Waals surface area (Å²) in [6.07, 6.45) is 3.36. The maximum atomic E-state index is 12.7. The summed E-state index contributed by atoms with van der Waals surface area (Å²) in [6.45, 7) is 1.79. The Balaban J connectivity index is 1.48. The van der Waals surface area contributed by atoms with Gasteiger partial charge in [-0.2, -0.15) is 0 Å². The van der Waals surface area contributed by atoms with E-state index in [1.807, 2.05) is 29.0 Å². The summed E-state index contributed by atoms with van der Waals surface area (Å²) in [6, 6.07) is 12.9. The molecule has 4 rings (SSSR count). The fraction of sp³-hybridized carbons (Fsp3) is 0.100. The highest BCUT2D eigenvalue weighted by atomic mass is 35.5. The third-order valence-electron chi connectivity index (χ3n) is 4.57. The molecule has 30 heavy (non-hydrogen) atoms. The highest BCUT2D eigenvalue weighted by Crippen LogP contribution is 2.25. The molecule has 2 heterocycles. The van der Waals surface area contributed by atoms with Crippen molar-refractivity contribution in [3.8, 4) is 0 Å². The zero-order chi connectivity index (χ0) is 21.3. The monoisotopic (exact) mass is 460 g/mol. The van der Waals surface area contributed by atoms with Crippen molar-refractivity contribution in [3.05, 3.63) is 71.3 Å². The van der Waals surface area contributed by atoms with Gasteiger partial charge in [0.05, 0.1) is 4.90 Å². The van der Waals surface area contributed by atoms with E-state index in [9.17, 15) is 13.2 Å². The number of fused-ring (bicyclic) bond motifs is 1. The second kappa shape index (κ2) is 8.10. The van der Waals surface area contributed by atoms with Crippen LogP contribution in [0.4, 0.5) is 10.8 Å². The summed E-state index contributed by atoms with van der Waals surface area (Å²) in [5.74, 6) is -0.223. The number of aromatic nitrogens is 2. The topological polar surface area (TPSA) is 93.1 Å². The first-order valence-electron chi connectivity index (χ1n) is 8.93. The largest absolute Gasteiger partial charge is 0.335 e. The fourth-order valence-corrected chi connectivity index (χ4v) is 4.98. The number of rotatable bonds is 6. The van der Waals surface area contributed by atoms with Crippen LogP contribution < -0.4 is 10.0 Å². The zero-order valence-corrected chi connectivity index (χ0v) is 18.1. The molecule has 2 N–H and O–H groups in total. The van der Waals surface area contributed by atoms with E-state index in [-0.39, 0.29) is 10.8 Å². The Kier molecular flexibility index (Phi) is 5.50. The van der Waals surface area contributed by atoms with E-state index in [0.717, 1.165) is 10.9 Å². The standard InChI is InChI=1S/C20H17ClN4O3S2/c1-13(25-10-8-14-12-15(21)2-7-18(14)25)19(26)23-16-3-5-17(6-4-16)30(27,28)24-20-22-9-11-29-20/h2-13H,1H3,(H,22,24)(H,23,26). The summed E-state index contributed by atoms with van der Waals surface area (Å²) < 4.78 is 29.1. The van der Waals surface area contributed by atoms with Crippen molar-refractivity contribution in [1.82, 2.24) is 9.55 Å². The van der Waals surface area contributed by atoms with E-state index in [2.05, 4.69) is 15.0 Å². The number of carbonyl (C=O) groups is 1. The van der Waals surface area contributed by atoms with Gasteiger partial charge in [0, 0.05) is 39.4 Å². The minimum Gasteiger partial charge on any atom is -0.335 e. The van der Waals surface area contributed by atoms with Gasteiger partial charge in [-0.05, 0) is 55.5 Å². The van der Waals surface area contributed by atoms with E-state index in [1.165, 1.54) is 29.7 Å². The van der Waals surface area contributed by atoms with E-state index in [1.54, 1.807) is 30.5 Å². The van der Waals surface area contributed by atoms with E-state index >= 15 is 0 Å². The number of carbonyl (C=O) groups excluding carboxylic acids is 1. The molecule has 0 aliphatic carbocycles. The van der Waals surface area contributed by atoms with Crippen LogP contribution in [-0.4, -0.2) is 23.9 Å². The minimum atomic E-state index is -3.74. The molecule has 10 heteroatoms. The Morgan fingerprint density at radius 2 is 1.93 bits per heavy atom. The summed E-state index contributed by atoms with van der Waals surface area (Å²) in [5.41, 5.74) is 1.40. The third kappa shape index (κ3) is 4.18. The van der Waals surface area contributed by atoms with Crippen molar-refractivity contribution in [1.29, 1.82) is 0 Å². The molecule has 2 aromatic heterocycles. The van der Waals surface area contributed by atoms with E-state index in [4.69, 9.17) is 11.6 Å². The number of nitrogens with zero attached hydrogens (tertiary/aromatic N) is 2. The molecular weight excluding hydrogens is 444 g/mol. The summed E-state index contributed by atoms with van der Waals surface area (Å²) in [7, 11) is -3.74. The number of amides is 1.